The van der Waals surface area contributed by atoms with Gasteiger partial charge < -0.3 is 15.7 Å². The lowest BCUT2D eigenvalue weighted by Crippen LogP contribution is -2.48. The number of hydrogen-bond acceptors (Lipinski definition) is 5. The molecule has 0 saturated carbocycles. The quantitative estimate of drug-likeness (QED) is 0.411. The number of nitrogen functional groups attached to an aromatic ring is 1. The molecule has 0 radical (unpaired) electrons. The molecular formula is C23H26N4O4S. The van der Waals surface area contributed by atoms with Gasteiger partial charge in [-0.1, -0.05) is 30.3 Å². The summed E-state index contributed by atoms with van der Waals surface area (Å²) in [5.41, 5.74) is 7.18. The molecule has 168 valence electrons. The lowest BCUT2D eigenvalue weighted by atomic mass is 10.1. The fourth-order valence-electron chi connectivity index (χ4n) is 3.52. The number of aliphatic carboxylic acids is 1. The minimum Gasteiger partial charge on any atom is -0.481 e. The lowest BCUT2D eigenvalue weighted by Gasteiger charge is -2.35. The molecule has 0 aliphatic carbocycles. The van der Waals surface area contributed by atoms with Gasteiger partial charge in [-0.25, -0.2) is 8.42 Å². The van der Waals surface area contributed by atoms with Crippen molar-refractivity contribution in [2.45, 2.75) is 11.8 Å². The van der Waals surface area contributed by atoms with Crippen LogP contribution >= 0.6 is 0 Å². The Bertz CT molecular complexity index is 1210. The molecule has 32 heavy (non-hydrogen) atoms. The molecule has 8 nitrogen and oxygen atoms in total. The average Bonchev–Trinajstić information content (AvgIpc) is 2.78. The molecule has 1 aliphatic rings. The maximum absolute atomic E-state index is 13.1. The van der Waals surface area contributed by atoms with Gasteiger partial charge in [0.1, 0.15) is 5.84 Å². The number of sulfonamides is 1. The van der Waals surface area contributed by atoms with Crippen LogP contribution in [-0.2, 0) is 14.8 Å². The minimum absolute atomic E-state index is 0.0397. The summed E-state index contributed by atoms with van der Waals surface area (Å²) in [5.74, 6) is -0.794. The van der Waals surface area contributed by atoms with E-state index >= 15 is 0 Å². The smallest absolute Gasteiger partial charge is 0.300 e. The molecule has 0 spiro atoms. The van der Waals surface area contributed by atoms with Crippen LogP contribution in [0.1, 0.15) is 12.5 Å². The third-order valence-electron chi connectivity index (χ3n) is 5.14. The summed E-state index contributed by atoms with van der Waals surface area (Å²) >= 11 is 0. The Labute approximate surface area is 187 Å². The number of anilines is 1. The molecule has 0 bridgehead atoms. The second-order valence-electron chi connectivity index (χ2n) is 7.38. The van der Waals surface area contributed by atoms with Crippen molar-refractivity contribution < 1.29 is 18.3 Å². The number of hydrogen-bond donors (Lipinski definition) is 3. The third-order valence-corrected chi connectivity index (χ3v) is 7.04. The lowest BCUT2D eigenvalue weighted by molar-refractivity contribution is -0.134. The van der Waals surface area contributed by atoms with Gasteiger partial charge in [-0.05, 0) is 47.2 Å². The predicted molar refractivity (Wildman–Crippen MR) is 126 cm³/mol. The Balaban J connectivity index is 0.000000668. The van der Waals surface area contributed by atoms with E-state index in [1.165, 1.54) is 0 Å². The first-order chi connectivity index (χ1) is 15.2. The Hall–Kier alpha value is -3.43. The van der Waals surface area contributed by atoms with E-state index in [-0.39, 0.29) is 5.84 Å². The van der Waals surface area contributed by atoms with Crippen LogP contribution in [0.2, 0.25) is 0 Å². The molecule has 3 aromatic carbocycles. The van der Waals surface area contributed by atoms with Crippen molar-refractivity contribution in [3.8, 4) is 0 Å². The Kier molecular flexibility index (Phi) is 7.12. The summed E-state index contributed by atoms with van der Waals surface area (Å²) < 4.78 is 27.7. The summed E-state index contributed by atoms with van der Waals surface area (Å²) in [6.07, 6.45) is 0. The zero-order valence-corrected chi connectivity index (χ0v) is 18.5. The maximum Gasteiger partial charge on any atom is 0.300 e. The highest BCUT2D eigenvalue weighted by molar-refractivity contribution is 7.89. The Morgan fingerprint density at radius 2 is 1.50 bits per heavy atom. The summed E-state index contributed by atoms with van der Waals surface area (Å²) in [6, 6.07) is 20.5. The highest BCUT2D eigenvalue weighted by Crippen LogP contribution is 2.24. The van der Waals surface area contributed by atoms with Crippen molar-refractivity contribution in [2.24, 2.45) is 5.73 Å². The van der Waals surface area contributed by atoms with Gasteiger partial charge in [-0.3, -0.25) is 10.2 Å². The van der Waals surface area contributed by atoms with Gasteiger partial charge in [0.15, 0.2) is 0 Å². The first-order valence-electron chi connectivity index (χ1n) is 10.1. The zero-order chi connectivity index (χ0) is 23.3. The van der Waals surface area contributed by atoms with Crippen LogP contribution in [0.25, 0.3) is 10.8 Å². The van der Waals surface area contributed by atoms with Crippen molar-refractivity contribution in [3.05, 3.63) is 72.3 Å². The summed E-state index contributed by atoms with van der Waals surface area (Å²) in [5, 5.41) is 16.8. The van der Waals surface area contributed by atoms with Crippen LogP contribution in [0.4, 0.5) is 5.69 Å². The summed E-state index contributed by atoms with van der Waals surface area (Å²) in [6.45, 7) is 3.19. The van der Waals surface area contributed by atoms with Crippen molar-refractivity contribution in [1.29, 1.82) is 5.41 Å². The number of carbonyl (C=O) groups is 1. The topological polar surface area (TPSA) is 128 Å². The van der Waals surface area contributed by atoms with Gasteiger partial charge in [-0.15, -0.1) is 0 Å². The highest BCUT2D eigenvalue weighted by Gasteiger charge is 2.28. The number of fused-ring (bicyclic) bond motifs is 1. The first kappa shape index (κ1) is 23.2. The Morgan fingerprint density at radius 1 is 0.938 bits per heavy atom. The molecular weight excluding hydrogens is 428 g/mol. The van der Waals surface area contributed by atoms with Gasteiger partial charge in [0.25, 0.3) is 5.97 Å². The van der Waals surface area contributed by atoms with E-state index in [2.05, 4.69) is 4.90 Å². The summed E-state index contributed by atoms with van der Waals surface area (Å²) in [4.78, 5) is 11.5. The van der Waals surface area contributed by atoms with Gasteiger partial charge in [-0.2, -0.15) is 4.31 Å². The molecule has 3 aromatic rings. The molecule has 4 rings (SSSR count). The van der Waals surface area contributed by atoms with Crippen molar-refractivity contribution in [3.63, 3.8) is 0 Å². The van der Waals surface area contributed by atoms with E-state index in [1.54, 1.807) is 16.4 Å². The summed E-state index contributed by atoms with van der Waals surface area (Å²) in [7, 11) is -3.52. The zero-order valence-electron chi connectivity index (χ0n) is 17.7. The van der Waals surface area contributed by atoms with Crippen LogP contribution in [0.15, 0.2) is 71.6 Å². The van der Waals surface area contributed by atoms with Crippen molar-refractivity contribution >= 4 is 38.3 Å². The van der Waals surface area contributed by atoms with E-state index in [0.29, 0.717) is 36.6 Å². The van der Waals surface area contributed by atoms with E-state index in [1.807, 2.05) is 54.6 Å². The third kappa shape index (κ3) is 5.43. The second kappa shape index (κ2) is 9.80. The Morgan fingerprint density at radius 3 is 2.06 bits per heavy atom. The fourth-order valence-corrected chi connectivity index (χ4v) is 4.97. The number of nitrogens with zero attached hydrogens (tertiary/aromatic N) is 2. The molecule has 1 aliphatic heterocycles. The number of nitrogens with one attached hydrogen (secondary N) is 1. The molecule has 1 heterocycles. The molecule has 1 fully saturated rings. The molecule has 0 amide bonds. The average molecular weight is 455 g/mol. The molecule has 9 heteroatoms. The minimum atomic E-state index is -3.52. The van der Waals surface area contributed by atoms with Crippen LogP contribution in [0.5, 0.6) is 0 Å². The van der Waals surface area contributed by atoms with Gasteiger partial charge in [0.2, 0.25) is 10.0 Å². The van der Waals surface area contributed by atoms with Gasteiger partial charge >= 0.3 is 0 Å². The number of amidine groups is 1. The number of carboxylic acids is 1. The molecule has 0 atom stereocenters. The fraction of sp³-hybridized carbons (Fsp3) is 0.217. The number of benzene rings is 3. The van der Waals surface area contributed by atoms with Crippen LogP contribution in [0.3, 0.4) is 0 Å². The molecule has 4 N–H and O–H groups in total. The number of nitrogens with two attached hydrogens (primary N) is 1. The van der Waals surface area contributed by atoms with Crippen molar-refractivity contribution in [2.75, 3.05) is 31.1 Å². The SMILES string of the molecule is CC(=O)O.N=C(N)c1ccc(N2CCN(S(=O)(=O)c3ccc4ccccc4c3)CC2)cc1. The standard InChI is InChI=1S/C21H22N4O2S.C2H4O2/c22-21(23)17-5-8-19(9-6-17)24-11-13-25(14-12-24)28(26,27)20-10-7-16-3-1-2-4-18(16)15-20;1-2(3)4/h1-10,15H,11-14H2,(H3,22,23);1H3,(H,3,4). The van der Waals surface area contributed by atoms with E-state index < -0.39 is 16.0 Å². The number of piperazine rings is 1. The molecule has 0 aromatic heterocycles. The maximum atomic E-state index is 13.1. The van der Waals surface area contributed by atoms with Crippen molar-refractivity contribution in [1.82, 2.24) is 4.31 Å². The van der Waals surface area contributed by atoms with Gasteiger partial charge in [0.05, 0.1) is 4.90 Å². The van der Waals surface area contributed by atoms with E-state index in [4.69, 9.17) is 21.0 Å². The van der Waals surface area contributed by atoms with E-state index in [9.17, 15) is 8.42 Å². The monoisotopic (exact) mass is 454 g/mol. The number of carboxylic acid groups (broad SMARTS) is 1. The highest BCUT2D eigenvalue weighted by atomic mass is 32.2. The van der Waals surface area contributed by atoms with Gasteiger partial charge in [0, 0.05) is 44.4 Å². The largest absolute Gasteiger partial charge is 0.481 e. The first-order valence-corrected chi connectivity index (χ1v) is 11.5. The predicted octanol–water partition coefficient (Wildman–Crippen LogP) is 2.73. The normalized spacial score (nSPS) is 14.5. The number of rotatable bonds is 4. The van der Waals surface area contributed by atoms with Crippen LogP contribution < -0.4 is 10.6 Å². The van der Waals surface area contributed by atoms with Crippen LogP contribution in [0, 0.1) is 5.41 Å². The van der Waals surface area contributed by atoms with Crippen LogP contribution in [-0.4, -0.2) is 55.8 Å². The molecule has 1 saturated heterocycles. The second-order valence-corrected chi connectivity index (χ2v) is 9.32. The van der Waals surface area contributed by atoms with E-state index in [0.717, 1.165) is 23.4 Å². The molecule has 0 unspecified atom stereocenters.